The molecule has 1 atom stereocenters. The molecule has 1 N–H and O–H groups in total. The Labute approximate surface area is 172 Å². The number of ketones is 1. The first-order valence-electron chi connectivity index (χ1n) is 10.7. The smallest absolute Gasteiger partial charge is 0.337 e. The number of nitrogens with one attached hydrogen (secondary N) is 1. The first kappa shape index (κ1) is 19.9. The summed E-state index contributed by atoms with van der Waals surface area (Å²) in [4.78, 5) is 30.6. The van der Waals surface area contributed by atoms with Crippen molar-refractivity contribution in [3.05, 3.63) is 52.6 Å². The highest BCUT2D eigenvalue weighted by molar-refractivity contribution is 6.04. The first-order valence-corrected chi connectivity index (χ1v) is 10.7. The number of ether oxygens (including phenoxy) is 1. The summed E-state index contributed by atoms with van der Waals surface area (Å²) in [6.45, 7) is 6.15. The summed E-state index contributed by atoms with van der Waals surface area (Å²) in [5.74, 6) is -0.581. The van der Waals surface area contributed by atoms with E-state index < -0.39 is 5.92 Å². The molecule has 0 bridgehead atoms. The maximum Gasteiger partial charge on any atom is 0.337 e. The zero-order valence-electron chi connectivity index (χ0n) is 17.6. The Balaban J connectivity index is 1.73. The maximum atomic E-state index is 13.3. The average Bonchev–Trinajstić information content (AvgIpc) is 2.67. The van der Waals surface area contributed by atoms with Crippen molar-refractivity contribution >= 4 is 11.8 Å². The van der Waals surface area contributed by atoms with Gasteiger partial charge in [0, 0.05) is 41.7 Å². The van der Waals surface area contributed by atoms with Crippen LogP contribution in [0.1, 0.15) is 77.2 Å². The van der Waals surface area contributed by atoms with Crippen LogP contribution in [0.2, 0.25) is 0 Å². The van der Waals surface area contributed by atoms with E-state index in [1.165, 1.54) is 6.42 Å². The van der Waals surface area contributed by atoms with E-state index in [0.29, 0.717) is 12.0 Å². The minimum atomic E-state index is -0.394. The second kappa shape index (κ2) is 7.77. The fourth-order valence-corrected chi connectivity index (χ4v) is 4.99. The second-order valence-electron chi connectivity index (χ2n) is 9.38. The molecule has 2 heterocycles. The molecular formula is C24H30N2O3. The van der Waals surface area contributed by atoms with Crippen molar-refractivity contribution in [3.8, 4) is 0 Å². The topological polar surface area (TPSA) is 68.3 Å². The number of Topliss-reactive ketones (excluding diaryl/α,β-unsaturated/α-hetero) is 1. The van der Waals surface area contributed by atoms with Gasteiger partial charge in [-0.05, 0) is 62.1 Å². The van der Waals surface area contributed by atoms with Gasteiger partial charge in [0.25, 0.3) is 0 Å². The molecule has 0 saturated heterocycles. The number of rotatable bonds is 3. The maximum absolute atomic E-state index is 13.3. The Morgan fingerprint density at radius 3 is 2.52 bits per heavy atom. The number of aromatic nitrogens is 1. The zero-order chi connectivity index (χ0) is 20.6. The Morgan fingerprint density at radius 1 is 1.14 bits per heavy atom. The van der Waals surface area contributed by atoms with Crippen molar-refractivity contribution in [1.29, 1.82) is 0 Å². The highest BCUT2D eigenvalue weighted by Crippen LogP contribution is 2.46. The summed E-state index contributed by atoms with van der Waals surface area (Å²) < 4.78 is 5.92. The van der Waals surface area contributed by atoms with Gasteiger partial charge in [0.15, 0.2) is 5.78 Å². The molecule has 1 saturated carbocycles. The summed E-state index contributed by atoms with van der Waals surface area (Å²) in [5, 5.41) is 3.39. The molecule has 3 aliphatic rings. The number of carbonyl (C=O) groups excluding carboxylic acids is 2. The third-order valence-corrected chi connectivity index (χ3v) is 6.32. The average molecular weight is 395 g/mol. The summed E-state index contributed by atoms with van der Waals surface area (Å²) in [6, 6.07) is 3.80. The molecule has 1 aliphatic heterocycles. The molecule has 154 valence electrons. The number of dihydropyridines is 1. The molecule has 2 aliphatic carbocycles. The number of hydrogen-bond acceptors (Lipinski definition) is 5. The van der Waals surface area contributed by atoms with Gasteiger partial charge in [-0.2, -0.15) is 0 Å². The van der Waals surface area contributed by atoms with Gasteiger partial charge in [0.2, 0.25) is 0 Å². The number of esters is 1. The highest BCUT2D eigenvalue weighted by Gasteiger charge is 2.43. The van der Waals surface area contributed by atoms with E-state index in [0.717, 1.165) is 54.6 Å². The number of carbonyl (C=O) groups is 2. The van der Waals surface area contributed by atoms with E-state index in [1.807, 2.05) is 19.1 Å². The van der Waals surface area contributed by atoms with Crippen molar-refractivity contribution in [2.45, 2.75) is 77.7 Å². The van der Waals surface area contributed by atoms with Crippen LogP contribution in [0, 0.1) is 5.41 Å². The van der Waals surface area contributed by atoms with Gasteiger partial charge in [-0.15, -0.1) is 0 Å². The molecule has 1 aromatic heterocycles. The van der Waals surface area contributed by atoms with Crippen molar-refractivity contribution in [1.82, 2.24) is 10.3 Å². The van der Waals surface area contributed by atoms with Crippen LogP contribution in [0.4, 0.5) is 0 Å². The molecule has 4 rings (SSSR count). The Hall–Kier alpha value is -2.43. The molecular weight excluding hydrogens is 364 g/mol. The summed E-state index contributed by atoms with van der Waals surface area (Å²) in [6.07, 6.45) is 9.94. The molecule has 0 unspecified atom stereocenters. The van der Waals surface area contributed by atoms with Gasteiger partial charge in [-0.3, -0.25) is 9.78 Å². The van der Waals surface area contributed by atoms with Gasteiger partial charge >= 0.3 is 5.97 Å². The fourth-order valence-electron chi connectivity index (χ4n) is 4.99. The molecule has 1 fully saturated rings. The van der Waals surface area contributed by atoms with Gasteiger partial charge in [0.1, 0.15) is 6.10 Å². The highest BCUT2D eigenvalue weighted by atomic mass is 16.5. The van der Waals surface area contributed by atoms with Crippen LogP contribution in [-0.4, -0.2) is 22.8 Å². The van der Waals surface area contributed by atoms with Crippen molar-refractivity contribution in [3.63, 3.8) is 0 Å². The lowest BCUT2D eigenvalue weighted by Crippen LogP contribution is -2.39. The zero-order valence-corrected chi connectivity index (χ0v) is 17.6. The number of hydrogen-bond donors (Lipinski definition) is 1. The number of allylic oxidation sites excluding steroid dienone is 3. The van der Waals surface area contributed by atoms with E-state index in [4.69, 9.17) is 4.74 Å². The van der Waals surface area contributed by atoms with Crippen LogP contribution >= 0.6 is 0 Å². The molecule has 0 radical (unpaired) electrons. The van der Waals surface area contributed by atoms with Gasteiger partial charge in [-0.1, -0.05) is 20.3 Å². The van der Waals surface area contributed by atoms with E-state index in [9.17, 15) is 9.59 Å². The van der Waals surface area contributed by atoms with Crippen molar-refractivity contribution in [2.24, 2.45) is 5.41 Å². The normalized spacial score (nSPS) is 24.8. The Kier molecular flexibility index (Phi) is 5.32. The summed E-state index contributed by atoms with van der Waals surface area (Å²) in [7, 11) is 0. The van der Waals surface area contributed by atoms with Crippen LogP contribution in [-0.2, 0) is 14.3 Å². The number of nitrogens with zero attached hydrogens (tertiary/aromatic N) is 1. The lowest BCUT2D eigenvalue weighted by molar-refractivity contribution is -0.146. The molecule has 0 aromatic carbocycles. The first-order chi connectivity index (χ1) is 13.9. The van der Waals surface area contributed by atoms with Gasteiger partial charge in [0.05, 0.1) is 5.57 Å². The molecule has 5 nitrogen and oxygen atoms in total. The predicted molar refractivity (Wildman–Crippen MR) is 111 cm³/mol. The number of pyridine rings is 1. The van der Waals surface area contributed by atoms with Crippen molar-refractivity contribution < 1.29 is 14.3 Å². The fraction of sp³-hybridized carbons (Fsp3) is 0.542. The van der Waals surface area contributed by atoms with Crippen LogP contribution < -0.4 is 5.32 Å². The summed E-state index contributed by atoms with van der Waals surface area (Å²) >= 11 is 0. The standard InChI is InChI=1S/C24H30N2O3/c1-15-20(23(28)29-17-7-5-4-6-8-17)21(16-9-11-25-12-10-16)22-18(26-15)13-24(2,3)14-19(22)27/h9-12,17,21,26H,4-8,13-14H2,1-3H3/t21-/m1/s1. The molecule has 1 aromatic rings. The van der Waals surface area contributed by atoms with Crippen LogP contribution in [0.25, 0.3) is 0 Å². The quantitative estimate of drug-likeness (QED) is 0.761. The van der Waals surface area contributed by atoms with E-state index in [-0.39, 0.29) is 23.3 Å². The van der Waals surface area contributed by atoms with E-state index >= 15 is 0 Å². The van der Waals surface area contributed by atoms with Gasteiger partial charge < -0.3 is 10.1 Å². The third-order valence-electron chi connectivity index (χ3n) is 6.32. The Morgan fingerprint density at radius 2 is 1.83 bits per heavy atom. The van der Waals surface area contributed by atoms with Gasteiger partial charge in [-0.25, -0.2) is 4.79 Å². The lowest BCUT2D eigenvalue weighted by Gasteiger charge is -2.39. The molecule has 0 amide bonds. The monoisotopic (exact) mass is 394 g/mol. The molecule has 29 heavy (non-hydrogen) atoms. The van der Waals surface area contributed by atoms with Crippen LogP contribution in [0.15, 0.2) is 47.1 Å². The minimum Gasteiger partial charge on any atom is -0.459 e. The van der Waals surface area contributed by atoms with Crippen LogP contribution in [0.5, 0.6) is 0 Å². The summed E-state index contributed by atoms with van der Waals surface area (Å²) in [5.41, 5.74) is 3.84. The molecule has 0 spiro atoms. The van der Waals surface area contributed by atoms with E-state index in [2.05, 4.69) is 24.1 Å². The third kappa shape index (κ3) is 4.00. The SMILES string of the molecule is CC1=C(C(=O)OC2CCCCC2)[C@@H](c2ccncc2)C2=C(CC(C)(C)CC2=O)N1. The lowest BCUT2D eigenvalue weighted by atomic mass is 9.68. The predicted octanol–water partition coefficient (Wildman–Crippen LogP) is 4.56. The van der Waals surface area contributed by atoms with Crippen LogP contribution in [0.3, 0.4) is 0 Å². The minimum absolute atomic E-state index is 0.0222. The second-order valence-corrected chi connectivity index (χ2v) is 9.38. The van der Waals surface area contributed by atoms with Crippen molar-refractivity contribution in [2.75, 3.05) is 0 Å². The van der Waals surface area contributed by atoms with E-state index in [1.54, 1.807) is 12.4 Å². The largest absolute Gasteiger partial charge is 0.459 e. The Bertz CT molecular complexity index is 877. The molecule has 5 heteroatoms.